The highest BCUT2D eigenvalue weighted by molar-refractivity contribution is 7.92. The highest BCUT2D eigenvalue weighted by atomic mass is 32.2. The normalized spacial score (nSPS) is 12.1. The van der Waals surface area contributed by atoms with E-state index in [4.69, 9.17) is 4.74 Å². The lowest BCUT2D eigenvalue weighted by Gasteiger charge is -2.14. The average Bonchev–Trinajstić information content (AvgIpc) is 2.53. The SMILES string of the molecule is COc1ccc(NS(=O)(=O)c2cccc(C(F)(F)F)c2)cc1OC(F)F. The molecule has 26 heavy (non-hydrogen) atoms. The van der Waals surface area contributed by atoms with Gasteiger partial charge in [-0.2, -0.15) is 22.0 Å². The van der Waals surface area contributed by atoms with Gasteiger partial charge in [0.2, 0.25) is 0 Å². The van der Waals surface area contributed by atoms with Crippen LogP contribution in [0.2, 0.25) is 0 Å². The maximum Gasteiger partial charge on any atom is 0.416 e. The van der Waals surface area contributed by atoms with E-state index in [0.29, 0.717) is 6.07 Å². The van der Waals surface area contributed by atoms with Gasteiger partial charge in [-0.1, -0.05) is 6.07 Å². The average molecular weight is 397 g/mol. The number of nitrogens with one attached hydrogen (secondary N) is 1. The molecule has 0 amide bonds. The maximum atomic E-state index is 12.7. The molecule has 0 unspecified atom stereocenters. The molecule has 5 nitrogen and oxygen atoms in total. The molecule has 0 spiro atoms. The molecule has 0 heterocycles. The molecule has 0 radical (unpaired) electrons. The van der Waals surface area contributed by atoms with Crippen LogP contribution in [0, 0.1) is 0 Å². The Morgan fingerprint density at radius 3 is 2.31 bits per heavy atom. The van der Waals surface area contributed by atoms with Crippen molar-refractivity contribution in [3.05, 3.63) is 48.0 Å². The lowest BCUT2D eigenvalue weighted by molar-refractivity contribution is -0.137. The van der Waals surface area contributed by atoms with Crippen molar-refractivity contribution < 1.29 is 39.8 Å². The second-order valence-electron chi connectivity index (χ2n) is 4.88. The van der Waals surface area contributed by atoms with Crippen LogP contribution >= 0.6 is 0 Å². The summed E-state index contributed by atoms with van der Waals surface area (Å²) in [5.41, 5.74) is -1.34. The van der Waals surface area contributed by atoms with E-state index >= 15 is 0 Å². The van der Waals surface area contributed by atoms with Crippen LogP contribution in [0.5, 0.6) is 11.5 Å². The number of halogens is 5. The van der Waals surface area contributed by atoms with Gasteiger partial charge in [-0.05, 0) is 30.3 Å². The van der Waals surface area contributed by atoms with E-state index in [1.54, 1.807) is 0 Å². The Balaban J connectivity index is 2.35. The highest BCUT2D eigenvalue weighted by Crippen LogP contribution is 2.33. The first-order chi connectivity index (χ1) is 12.0. The summed E-state index contributed by atoms with van der Waals surface area (Å²) in [5, 5.41) is 0. The Bertz CT molecular complexity index is 884. The molecule has 2 aromatic carbocycles. The van der Waals surface area contributed by atoms with Crippen LogP contribution in [0.4, 0.5) is 27.6 Å². The van der Waals surface area contributed by atoms with E-state index < -0.39 is 39.0 Å². The molecule has 0 atom stereocenters. The van der Waals surface area contributed by atoms with Gasteiger partial charge in [0.05, 0.1) is 23.3 Å². The van der Waals surface area contributed by atoms with Crippen molar-refractivity contribution in [1.29, 1.82) is 0 Å². The van der Waals surface area contributed by atoms with Crippen LogP contribution in [0.3, 0.4) is 0 Å². The molecule has 11 heteroatoms. The predicted octanol–water partition coefficient (Wildman–Crippen LogP) is 4.12. The third kappa shape index (κ3) is 4.75. The molecule has 1 N–H and O–H groups in total. The first kappa shape index (κ1) is 19.8. The summed E-state index contributed by atoms with van der Waals surface area (Å²) >= 11 is 0. The standard InChI is InChI=1S/C15H12F5NO4S/c1-24-12-6-5-10(8-13(12)25-14(16)17)21-26(22,23)11-4-2-3-9(7-11)15(18,19)20/h2-8,14,21H,1H3. The molecule has 2 aromatic rings. The van der Waals surface area contributed by atoms with Gasteiger partial charge in [0.1, 0.15) is 0 Å². The molecule has 0 aromatic heterocycles. The Kier molecular flexibility index (Phi) is 5.59. The van der Waals surface area contributed by atoms with Crippen LogP contribution in [0.25, 0.3) is 0 Å². The topological polar surface area (TPSA) is 64.6 Å². The fraction of sp³-hybridized carbons (Fsp3) is 0.200. The number of hydrogen-bond acceptors (Lipinski definition) is 4. The number of sulfonamides is 1. The Labute approximate surface area is 145 Å². The van der Waals surface area contributed by atoms with E-state index in [1.165, 1.54) is 19.2 Å². The summed E-state index contributed by atoms with van der Waals surface area (Å²) in [6, 6.07) is 6.37. The molecule has 0 aliphatic rings. The van der Waals surface area contributed by atoms with Crippen molar-refractivity contribution in [1.82, 2.24) is 0 Å². The fourth-order valence-electron chi connectivity index (χ4n) is 1.98. The third-order valence-corrected chi connectivity index (χ3v) is 4.48. The lowest BCUT2D eigenvalue weighted by Crippen LogP contribution is -2.15. The zero-order valence-electron chi connectivity index (χ0n) is 13.0. The molecular weight excluding hydrogens is 385 g/mol. The van der Waals surface area contributed by atoms with E-state index in [-0.39, 0.29) is 11.4 Å². The number of alkyl halides is 5. The van der Waals surface area contributed by atoms with Gasteiger partial charge in [-0.25, -0.2) is 8.42 Å². The maximum absolute atomic E-state index is 12.7. The van der Waals surface area contributed by atoms with Crippen LogP contribution in [0.1, 0.15) is 5.56 Å². The molecule has 0 aliphatic heterocycles. The number of methoxy groups -OCH3 is 1. The summed E-state index contributed by atoms with van der Waals surface area (Å²) < 4.78 is 98.6. The second kappa shape index (κ2) is 7.36. The first-order valence-electron chi connectivity index (χ1n) is 6.86. The van der Waals surface area contributed by atoms with Crippen molar-refractivity contribution in [3.63, 3.8) is 0 Å². The fourth-order valence-corrected chi connectivity index (χ4v) is 3.08. The molecule has 0 aliphatic carbocycles. The molecule has 0 bridgehead atoms. The summed E-state index contributed by atoms with van der Waals surface area (Å²) in [6.45, 7) is -3.18. The van der Waals surface area contributed by atoms with Crippen molar-refractivity contribution in [3.8, 4) is 11.5 Å². The van der Waals surface area contributed by atoms with Crippen LogP contribution in [-0.4, -0.2) is 22.1 Å². The lowest BCUT2D eigenvalue weighted by atomic mass is 10.2. The zero-order chi connectivity index (χ0) is 19.5. The van der Waals surface area contributed by atoms with Gasteiger partial charge in [0.25, 0.3) is 10.0 Å². The van der Waals surface area contributed by atoms with Gasteiger partial charge in [0, 0.05) is 6.07 Å². The van der Waals surface area contributed by atoms with Crippen LogP contribution < -0.4 is 14.2 Å². The Hall–Kier alpha value is -2.56. The zero-order valence-corrected chi connectivity index (χ0v) is 13.9. The smallest absolute Gasteiger partial charge is 0.416 e. The molecule has 142 valence electrons. The van der Waals surface area contributed by atoms with Gasteiger partial charge in [-0.3, -0.25) is 4.72 Å². The minimum absolute atomic E-state index is 0.0766. The third-order valence-electron chi connectivity index (χ3n) is 3.10. The summed E-state index contributed by atoms with van der Waals surface area (Å²) in [5.74, 6) is -0.515. The minimum Gasteiger partial charge on any atom is -0.493 e. The predicted molar refractivity (Wildman–Crippen MR) is 81.9 cm³/mol. The van der Waals surface area contributed by atoms with Gasteiger partial charge in [0.15, 0.2) is 11.5 Å². The summed E-state index contributed by atoms with van der Waals surface area (Å²) in [4.78, 5) is -0.639. The van der Waals surface area contributed by atoms with Crippen LogP contribution in [-0.2, 0) is 16.2 Å². The number of ether oxygens (including phenoxy) is 2. The van der Waals surface area contributed by atoms with Gasteiger partial charge >= 0.3 is 12.8 Å². The quantitative estimate of drug-likeness (QED) is 0.745. The number of benzene rings is 2. The van der Waals surface area contributed by atoms with Gasteiger partial charge in [-0.15, -0.1) is 0 Å². The Morgan fingerprint density at radius 2 is 1.73 bits per heavy atom. The van der Waals surface area contributed by atoms with Crippen molar-refractivity contribution in [2.75, 3.05) is 11.8 Å². The molecule has 0 saturated carbocycles. The van der Waals surface area contributed by atoms with E-state index in [2.05, 4.69) is 4.74 Å². The van der Waals surface area contributed by atoms with Gasteiger partial charge < -0.3 is 9.47 Å². The summed E-state index contributed by atoms with van der Waals surface area (Å²) in [6.07, 6.45) is -4.72. The molecular formula is C15H12F5NO4S. The monoisotopic (exact) mass is 397 g/mol. The molecule has 0 fully saturated rings. The molecule has 0 saturated heterocycles. The first-order valence-corrected chi connectivity index (χ1v) is 8.34. The number of hydrogen-bond donors (Lipinski definition) is 1. The highest BCUT2D eigenvalue weighted by Gasteiger charge is 2.31. The van der Waals surface area contributed by atoms with E-state index in [0.717, 1.165) is 24.3 Å². The van der Waals surface area contributed by atoms with Crippen LogP contribution in [0.15, 0.2) is 47.4 Å². The number of rotatable bonds is 6. The van der Waals surface area contributed by atoms with Crippen molar-refractivity contribution in [2.24, 2.45) is 0 Å². The second-order valence-corrected chi connectivity index (χ2v) is 6.56. The number of anilines is 1. The Morgan fingerprint density at radius 1 is 1.04 bits per heavy atom. The van der Waals surface area contributed by atoms with E-state index in [9.17, 15) is 30.4 Å². The van der Waals surface area contributed by atoms with E-state index in [1.807, 2.05) is 4.72 Å². The minimum atomic E-state index is -4.72. The van der Waals surface area contributed by atoms with Crippen molar-refractivity contribution >= 4 is 15.7 Å². The van der Waals surface area contributed by atoms with Crippen molar-refractivity contribution in [2.45, 2.75) is 17.7 Å². The molecule has 2 rings (SSSR count). The summed E-state index contributed by atoms with van der Waals surface area (Å²) in [7, 11) is -3.20. The largest absolute Gasteiger partial charge is 0.493 e.